The molecule has 3 amide bonds. The molecule has 39 heavy (non-hydrogen) atoms. The molecular weight excluding hydrogens is 494 g/mol. The lowest BCUT2D eigenvalue weighted by Crippen LogP contribution is -2.48. The van der Waals surface area contributed by atoms with Crippen molar-refractivity contribution in [1.29, 1.82) is 0 Å². The number of carbonyl (C=O) groups excluding carboxylic acids is 3. The smallest absolute Gasteiger partial charge is 0.232 e. The highest BCUT2D eigenvalue weighted by molar-refractivity contribution is 6.05. The maximum atomic E-state index is 14.0. The Morgan fingerprint density at radius 1 is 1.05 bits per heavy atom. The van der Waals surface area contributed by atoms with Gasteiger partial charge in [0, 0.05) is 81.6 Å². The van der Waals surface area contributed by atoms with Gasteiger partial charge in [-0.3, -0.25) is 19.3 Å². The number of morpholine rings is 1. The second-order valence-corrected chi connectivity index (χ2v) is 11.5. The number of anilines is 3. The van der Waals surface area contributed by atoms with Crippen LogP contribution in [0.5, 0.6) is 0 Å². The van der Waals surface area contributed by atoms with Crippen LogP contribution in [0.2, 0.25) is 0 Å². The average Bonchev–Trinajstić information content (AvgIpc) is 3.47. The zero-order valence-corrected chi connectivity index (χ0v) is 22.6. The molecule has 6 rings (SSSR count). The zero-order valence-electron chi connectivity index (χ0n) is 22.6. The van der Waals surface area contributed by atoms with Crippen LogP contribution in [0.1, 0.15) is 37.3 Å². The van der Waals surface area contributed by atoms with E-state index in [1.807, 2.05) is 21.9 Å². The molecule has 1 spiro atoms. The standard InChI is InChI=1S/C30H37N5O4/c1-21(36)33-9-7-30(8-10-33)20-35(27-6-5-22(15-26(27)30)18-32-11-13-39-14-12-32)29(38)23-16-28(37)34(19-23)25-4-2-3-24(31)17-25/h2-6,15,17,23H,7-14,16,18-20,31H2,1H3. The third kappa shape index (κ3) is 4.89. The number of nitrogens with zero attached hydrogens (tertiary/aromatic N) is 4. The molecular formula is C30H37N5O4. The molecule has 0 bridgehead atoms. The second kappa shape index (κ2) is 10.3. The number of benzene rings is 2. The summed E-state index contributed by atoms with van der Waals surface area (Å²) < 4.78 is 5.52. The van der Waals surface area contributed by atoms with Gasteiger partial charge in [0.1, 0.15) is 0 Å². The van der Waals surface area contributed by atoms with E-state index < -0.39 is 5.92 Å². The number of rotatable bonds is 4. The molecule has 206 valence electrons. The summed E-state index contributed by atoms with van der Waals surface area (Å²) in [6, 6.07) is 13.8. The quantitative estimate of drug-likeness (QED) is 0.609. The van der Waals surface area contributed by atoms with Gasteiger partial charge in [0.15, 0.2) is 0 Å². The molecule has 4 heterocycles. The molecule has 1 atom stereocenters. The van der Waals surface area contributed by atoms with Crippen LogP contribution in [-0.4, -0.2) is 80.0 Å². The molecule has 4 aliphatic heterocycles. The van der Waals surface area contributed by atoms with Crippen molar-refractivity contribution in [2.45, 2.75) is 38.1 Å². The van der Waals surface area contributed by atoms with E-state index in [4.69, 9.17) is 10.5 Å². The van der Waals surface area contributed by atoms with Gasteiger partial charge >= 0.3 is 0 Å². The Balaban J connectivity index is 1.27. The summed E-state index contributed by atoms with van der Waals surface area (Å²) in [6.45, 7) is 8.15. The summed E-state index contributed by atoms with van der Waals surface area (Å²) in [5.74, 6) is -0.359. The van der Waals surface area contributed by atoms with Crippen LogP contribution in [0.25, 0.3) is 0 Å². The van der Waals surface area contributed by atoms with E-state index in [1.54, 1.807) is 24.0 Å². The summed E-state index contributed by atoms with van der Waals surface area (Å²) in [5, 5.41) is 0. The SMILES string of the molecule is CC(=O)N1CCC2(CC1)CN(C(=O)C1CC(=O)N(c3cccc(N)c3)C1)c1ccc(CN3CCOCC3)cc12. The highest BCUT2D eigenvalue weighted by Crippen LogP contribution is 2.48. The fourth-order valence-electron chi connectivity index (χ4n) is 6.74. The van der Waals surface area contributed by atoms with E-state index >= 15 is 0 Å². The number of piperidine rings is 1. The van der Waals surface area contributed by atoms with E-state index in [0.29, 0.717) is 31.9 Å². The highest BCUT2D eigenvalue weighted by Gasteiger charge is 2.49. The molecule has 2 aromatic rings. The highest BCUT2D eigenvalue weighted by atomic mass is 16.5. The average molecular weight is 532 g/mol. The van der Waals surface area contributed by atoms with Crippen LogP contribution in [0.15, 0.2) is 42.5 Å². The third-order valence-corrected chi connectivity index (χ3v) is 8.98. The Labute approximate surface area is 229 Å². The van der Waals surface area contributed by atoms with Crippen molar-refractivity contribution in [3.05, 3.63) is 53.6 Å². The van der Waals surface area contributed by atoms with Crippen molar-refractivity contribution in [1.82, 2.24) is 9.80 Å². The Morgan fingerprint density at radius 2 is 1.82 bits per heavy atom. The molecule has 0 aliphatic carbocycles. The number of likely N-dealkylation sites (tertiary alicyclic amines) is 1. The molecule has 0 saturated carbocycles. The molecule has 9 heteroatoms. The van der Waals surface area contributed by atoms with Crippen molar-refractivity contribution in [3.63, 3.8) is 0 Å². The predicted molar refractivity (Wildman–Crippen MR) is 149 cm³/mol. The number of hydrogen-bond acceptors (Lipinski definition) is 6. The molecule has 2 aromatic carbocycles. The van der Waals surface area contributed by atoms with Gasteiger partial charge < -0.3 is 25.2 Å². The molecule has 3 saturated heterocycles. The number of amides is 3. The predicted octanol–water partition coefficient (Wildman–Crippen LogP) is 2.38. The van der Waals surface area contributed by atoms with Crippen LogP contribution in [0.3, 0.4) is 0 Å². The van der Waals surface area contributed by atoms with Crippen molar-refractivity contribution in [2.75, 3.05) is 68.0 Å². The summed E-state index contributed by atoms with van der Waals surface area (Å²) in [4.78, 5) is 47.0. The topological polar surface area (TPSA) is 99.4 Å². The fourth-order valence-corrected chi connectivity index (χ4v) is 6.74. The molecule has 4 aliphatic rings. The van der Waals surface area contributed by atoms with E-state index in [9.17, 15) is 14.4 Å². The molecule has 2 N–H and O–H groups in total. The summed E-state index contributed by atoms with van der Waals surface area (Å²) in [6.07, 6.45) is 1.84. The third-order valence-electron chi connectivity index (χ3n) is 8.98. The van der Waals surface area contributed by atoms with Crippen LogP contribution in [0, 0.1) is 5.92 Å². The normalized spacial score (nSPS) is 22.9. The van der Waals surface area contributed by atoms with Gasteiger partial charge in [0.25, 0.3) is 0 Å². The lowest BCUT2D eigenvalue weighted by molar-refractivity contribution is -0.130. The monoisotopic (exact) mass is 531 g/mol. The lowest BCUT2D eigenvalue weighted by atomic mass is 9.74. The van der Waals surface area contributed by atoms with Crippen molar-refractivity contribution >= 4 is 34.8 Å². The van der Waals surface area contributed by atoms with Gasteiger partial charge in [-0.1, -0.05) is 18.2 Å². The van der Waals surface area contributed by atoms with E-state index in [-0.39, 0.29) is 29.6 Å². The zero-order chi connectivity index (χ0) is 27.1. The van der Waals surface area contributed by atoms with Gasteiger partial charge in [-0.25, -0.2) is 0 Å². The van der Waals surface area contributed by atoms with Crippen LogP contribution >= 0.6 is 0 Å². The van der Waals surface area contributed by atoms with E-state index in [1.165, 1.54) is 11.1 Å². The van der Waals surface area contributed by atoms with Gasteiger partial charge in [-0.05, 0) is 48.2 Å². The molecule has 1 unspecified atom stereocenters. The minimum absolute atomic E-state index is 0.00260. The first kappa shape index (κ1) is 25.8. The summed E-state index contributed by atoms with van der Waals surface area (Å²) >= 11 is 0. The van der Waals surface area contributed by atoms with E-state index in [0.717, 1.165) is 57.1 Å². The summed E-state index contributed by atoms with van der Waals surface area (Å²) in [5.41, 5.74) is 10.5. The number of ether oxygens (including phenoxy) is 1. The maximum absolute atomic E-state index is 14.0. The first-order chi connectivity index (χ1) is 18.8. The minimum Gasteiger partial charge on any atom is -0.399 e. The maximum Gasteiger partial charge on any atom is 0.232 e. The Morgan fingerprint density at radius 3 is 2.54 bits per heavy atom. The Hall–Kier alpha value is -3.43. The second-order valence-electron chi connectivity index (χ2n) is 11.5. The number of hydrogen-bond donors (Lipinski definition) is 1. The largest absolute Gasteiger partial charge is 0.399 e. The van der Waals surface area contributed by atoms with Crippen molar-refractivity contribution in [2.24, 2.45) is 5.92 Å². The summed E-state index contributed by atoms with van der Waals surface area (Å²) in [7, 11) is 0. The lowest BCUT2D eigenvalue weighted by Gasteiger charge is -2.39. The van der Waals surface area contributed by atoms with Crippen LogP contribution < -0.4 is 15.5 Å². The number of nitrogens with two attached hydrogens (primary N) is 1. The molecule has 0 radical (unpaired) electrons. The van der Waals surface area contributed by atoms with Crippen LogP contribution in [0.4, 0.5) is 17.1 Å². The first-order valence-corrected chi connectivity index (χ1v) is 14.0. The van der Waals surface area contributed by atoms with Gasteiger partial charge in [0.05, 0.1) is 19.1 Å². The first-order valence-electron chi connectivity index (χ1n) is 14.0. The van der Waals surface area contributed by atoms with Gasteiger partial charge in [-0.15, -0.1) is 0 Å². The van der Waals surface area contributed by atoms with Crippen molar-refractivity contribution < 1.29 is 19.1 Å². The van der Waals surface area contributed by atoms with Crippen LogP contribution in [-0.2, 0) is 31.1 Å². The molecule has 3 fully saturated rings. The Bertz CT molecular complexity index is 1280. The minimum atomic E-state index is -0.410. The number of carbonyl (C=O) groups is 3. The number of fused-ring (bicyclic) bond motifs is 2. The molecule has 9 nitrogen and oxygen atoms in total. The van der Waals surface area contributed by atoms with Gasteiger partial charge in [0.2, 0.25) is 17.7 Å². The Kier molecular flexibility index (Phi) is 6.81. The van der Waals surface area contributed by atoms with E-state index in [2.05, 4.69) is 23.1 Å². The van der Waals surface area contributed by atoms with Gasteiger partial charge in [-0.2, -0.15) is 0 Å². The van der Waals surface area contributed by atoms with Crippen molar-refractivity contribution in [3.8, 4) is 0 Å². The number of nitrogen functional groups attached to an aromatic ring is 1. The molecule has 0 aromatic heterocycles. The fraction of sp³-hybridized carbons (Fsp3) is 0.500.